The van der Waals surface area contributed by atoms with Crippen molar-refractivity contribution >= 4 is 125 Å². The monoisotopic (exact) mass is 1440 g/mol. The molecule has 0 saturated heterocycles. The first-order valence-corrected chi connectivity index (χ1v) is 34.4. The van der Waals surface area contributed by atoms with E-state index in [0.29, 0.717) is 97.1 Å². The molecule has 24 heteroatoms. The van der Waals surface area contributed by atoms with Crippen LogP contribution < -0.4 is 0 Å². The van der Waals surface area contributed by atoms with Crippen LogP contribution >= 0.6 is 0 Å². The Kier molecular flexibility index (Phi) is 21.2. The Morgan fingerprint density at radius 3 is 1.02 bits per heavy atom. The third kappa shape index (κ3) is 13.4. The van der Waals surface area contributed by atoms with Gasteiger partial charge in [0.25, 0.3) is 0 Å². The summed E-state index contributed by atoms with van der Waals surface area (Å²) < 4.78 is 30.7. The lowest BCUT2D eigenvalue weighted by atomic mass is 9.64. The van der Waals surface area contributed by atoms with Crippen molar-refractivity contribution in [1.82, 2.24) is 39.9 Å². The number of methoxy groups -OCH3 is 6. The fourth-order valence-electron chi connectivity index (χ4n) is 15.4. The number of ether oxygens (including phenoxy) is 6. The summed E-state index contributed by atoms with van der Waals surface area (Å²) in [6.07, 6.45) is 11.6. The number of allylic oxidation sites excluding steroid dienone is 12. The Balaban J connectivity index is 0.000000212. The molecule has 12 rings (SSSR count). The first-order valence-electron chi connectivity index (χ1n) is 34.4. The molecule has 0 radical (unpaired) electrons. The number of carboxylic acid groups (broad SMARTS) is 2. The molecule has 6 aromatic heterocycles. The number of nitrogens with one attached hydrogen (secondary N) is 4. The summed E-state index contributed by atoms with van der Waals surface area (Å²) in [6, 6.07) is 15.2. The number of carbonyl (C=O) groups excluding carboxylic acids is 6. The second-order valence-corrected chi connectivity index (χ2v) is 27.0. The molecule has 0 aromatic carbocycles. The number of carbonyl (C=O) groups is 8. The van der Waals surface area contributed by atoms with E-state index in [4.69, 9.17) is 48.4 Å². The number of aryl methyl sites for hydroxylation is 8. The summed E-state index contributed by atoms with van der Waals surface area (Å²) >= 11 is 0. The molecule has 24 nitrogen and oxygen atoms in total. The molecule has 0 saturated carbocycles. The number of hydrogen-bond acceptors (Lipinski definition) is 18. The molecule has 4 aliphatic heterocycles. The van der Waals surface area contributed by atoms with Crippen LogP contribution in [-0.4, -0.2) is 140 Å². The van der Waals surface area contributed by atoms with E-state index in [1.165, 1.54) is 42.7 Å². The van der Waals surface area contributed by atoms with Crippen LogP contribution in [0.15, 0.2) is 109 Å². The first kappa shape index (κ1) is 75.1. The number of hydrogen-bond donors (Lipinski definition) is 6. The number of aromatic amines is 4. The number of H-pyrrole nitrogens is 4. The Hall–Kier alpha value is -12.1. The minimum atomic E-state index is -1.18. The van der Waals surface area contributed by atoms with Gasteiger partial charge in [-0.15, -0.1) is 0 Å². The van der Waals surface area contributed by atoms with E-state index >= 15 is 0 Å². The van der Waals surface area contributed by atoms with Crippen molar-refractivity contribution < 1.29 is 77.0 Å². The molecule has 16 bridgehead atoms. The second kappa shape index (κ2) is 29.9. The average Bonchev–Trinajstić information content (AvgIpc) is 1.53. The highest BCUT2D eigenvalue weighted by molar-refractivity contribution is 6.04. The Morgan fingerprint density at radius 2 is 0.726 bits per heavy atom. The van der Waals surface area contributed by atoms with E-state index in [9.17, 15) is 48.6 Å². The van der Waals surface area contributed by atoms with Gasteiger partial charge in [0.15, 0.2) is 0 Å². The summed E-state index contributed by atoms with van der Waals surface area (Å²) in [5.41, 5.74) is 19.8. The molecule has 4 atom stereocenters. The van der Waals surface area contributed by atoms with Crippen LogP contribution in [0.5, 0.6) is 0 Å². The molecule has 0 unspecified atom stereocenters. The lowest BCUT2D eigenvalue weighted by molar-refractivity contribution is -0.149. The van der Waals surface area contributed by atoms with Crippen molar-refractivity contribution in [2.45, 2.75) is 118 Å². The quantitative estimate of drug-likeness (QED) is 0.0344. The van der Waals surface area contributed by atoms with Gasteiger partial charge in [-0.2, -0.15) is 0 Å². The van der Waals surface area contributed by atoms with Crippen LogP contribution in [0.1, 0.15) is 143 Å². The van der Waals surface area contributed by atoms with Gasteiger partial charge in [0, 0.05) is 81.0 Å². The summed E-state index contributed by atoms with van der Waals surface area (Å²) in [6.45, 7) is 23.5. The van der Waals surface area contributed by atoms with E-state index in [2.05, 4.69) is 33.1 Å². The molecule has 6 aromatic rings. The number of esters is 6. The van der Waals surface area contributed by atoms with E-state index in [1.807, 2.05) is 104 Å². The highest BCUT2D eigenvalue weighted by atomic mass is 16.5. The van der Waals surface area contributed by atoms with Gasteiger partial charge in [0.1, 0.15) is 11.8 Å². The van der Waals surface area contributed by atoms with Crippen LogP contribution in [0.2, 0.25) is 0 Å². The zero-order valence-corrected chi connectivity index (χ0v) is 61.7. The minimum absolute atomic E-state index is 0.0715. The van der Waals surface area contributed by atoms with Gasteiger partial charge in [0.05, 0.1) is 110 Å². The maximum atomic E-state index is 13.7. The van der Waals surface area contributed by atoms with Crippen molar-refractivity contribution in [1.29, 1.82) is 0 Å². The zero-order valence-electron chi connectivity index (χ0n) is 61.7. The van der Waals surface area contributed by atoms with Gasteiger partial charge in [-0.05, 0) is 196 Å². The molecule has 10 heterocycles. The minimum Gasteiger partial charge on any atom is -0.481 e. The van der Waals surface area contributed by atoms with E-state index in [1.54, 1.807) is 36.5 Å². The van der Waals surface area contributed by atoms with Gasteiger partial charge in [-0.25, -0.2) is 19.6 Å². The molecule has 6 N–H and O–H groups in total. The van der Waals surface area contributed by atoms with E-state index in [0.717, 1.165) is 83.4 Å². The van der Waals surface area contributed by atoms with Crippen LogP contribution in [0, 0.1) is 39.5 Å². The average molecular weight is 1440 g/mol. The summed E-state index contributed by atoms with van der Waals surface area (Å²) in [4.78, 5) is 136. The van der Waals surface area contributed by atoms with Gasteiger partial charge < -0.3 is 58.6 Å². The van der Waals surface area contributed by atoms with Crippen molar-refractivity contribution in [2.75, 3.05) is 42.7 Å². The lowest BCUT2D eigenvalue weighted by Gasteiger charge is -2.36. The fourth-order valence-corrected chi connectivity index (χ4v) is 15.4. The fraction of sp³-hybridized carbons (Fsp3) is 0.317. The maximum Gasteiger partial charge on any atom is 0.334 e. The van der Waals surface area contributed by atoms with Gasteiger partial charge in [-0.3, -0.25) is 38.7 Å². The first-order chi connectivity index (χ1) is 50.5. The molecule has 548 valence electrons. The molecule has 0 amide bonds. The van der Waals surface area contributed by atoms with E-state index in [-0.39, 0.29) is 61.6 Å². The summed E-state index contributed by atoms with van der Waals surface area (Å²) in [5, 5.41) is 19.3. The molecular weight excluding hydrogens is 1350 g/mol. The smallest absolute Gasteiger partial charge is 0.334 e. The maximum absolute atomic E-state index is 13.7. The van der Waals surface area contributed by atoms with Crippen LogP contribution in [-0.2, 0) is 103 Å². The van der Waals surface area contributed by atoms with Crippen LogP contribution in [0.25, 0.3) is 77.6 Å². The van der Waals surface area contributed by atoms with Gasteiger partial charge in [-0.1, -0.05) is 49.6 Å². The normalized spacial score (nSPS) is 17.8. The highest BCUT2D eigenvalue weighted by Gasteiger charge is 2.55. The van der Waals surface area contributed by atoms with Crippen molar-refractivity contribution in [3.05, 3.63) is 199 Å². The second-order valence-electron chi connectivity index (χ2n) is 27.0. The number of carboxylic acids is 2. The Morgan fingerprint density at radius 1 is 0.406 bits per heavy atom. The number of nitrogens with zero attached hydrogens (tertiary/aromatic N) is 4. The molecule has 2 aliphatic carbocycles. The van der Waals surface area contributed by atoms with Crippen molar-refractivity contribution in [2.24, 2.45) is 11.8 Å². The van der Waals surface area contributed by atoms with Crippen LogP contribution in [0.3, 0.4) is 0 Å². The van der Waals surface area contributed by atoms with E-state index < -0.39 is 58.5 Å². The number of aliphatic carboxylic acids is 2. The predicted molar refractivity (Wildman–Crippen MR) is 401 cm³/mol. The Bertz CT molecular complexity index is 5410. The third-order valence-corrected chi connectivity index (χ3v) is 21.4. The SMILES string of the molecule is C=CC1=C(C)c2cc3nc(cc4[nH]c(cc5[nH]c(cc1n2)c(C)c5CCC(=O)O)c(CCC(=O)OC)c4C)[C@@]1(C)C3=CC=C(C(=O)OC)[C@H]1C(=O)OC.C=CC1=C(C)c2cc3nc(cc4[nH]c(cc5[nH]c(cc1n2)c(C)c5CCC(=O)OC)c(CCC(=O)O)c4C)[C@@]1(C)C3=CC=C(C(=O)OC)[C@H]1C(=O)OC. The van der Waals surface area contributed by atoms with Crippen LogP contribution in [0.4, 0.5) is 0 Å². The highest BCUT2D eigenvalue weighted by Crippen LogP contribution is 2.55. The topological polar surface area (TPSA) is 347 Å². The number of rotatable bonds is 18. The third-order valence-electron chi connectivity index (χ3n) is 21.4. The largest absolute Gasteiger partial charge is 0.481 e. The zero-order chi connectivity index (χ0) is 76.7. The van der Waals surface area contributed by atoms with Crippen molar-refractivity contribution in [3.8, 4) is 0 Å². The molecule has 0 fully saturated rings. The molecule has 0 spiro atoms. The summed E-state index contributed by atoms with van der Waals surface area (Å²) in [7, 11) is 7.78. The number of aromatic nitrogens is 8. The molecule has 106 heavy (non-hydrogen) atoms. The molecular formula is C82H84N8O16. The Labute approximate surface area is 610 Å². The van der Waals surface area contributed by atoms with Gasteiger partial charge >= 0.3 is 47.8 Å². The predicted octanol–water partition coefficient (Wildman–Crippen LogP) is 12.8. The summed E-state index contributed by atoms with van der Waals surface area (Å²) in [5.74, 6) is -7.34. The number of fused-ring (bicyclic) bond motifs is 22. The van der Waals surface area contributed by atoms with Gasteiger partial charge in [0.2, 0.25) is 0 Å². The lowest BCUT2D eigenvalue weighted by Crippen LogP contribution is -2.42. The molecule has 6 aliphatic rings. The van der Waals surface area contributed by atoms with Crippen molar-refractivity contribution in [3.63, 3.8) is 0 Å². The standard InChI is InChI=1S/2C41H42N4O8/c1-9-23-20(2)29-17-34-27-13-10-26(39(49)52-7)38(40(50)53-8)41(27,5)35(45-34)19-30-22(4)24(11-14-36(46)47)32(44-30)18-33-25(12-15-37(48)51-6)21(3)28(43-33)16-31(23)42-29;1-9-23-20(2)29-17-34-27-13-10-26(39(49)52-7)38(40(50)53-8)41(27,5)35(45-34)19-30-22(4)25(12-15-37(48)51-6)33(44-30)18-32-24(11-14-36(46)47)21(3)28(43-32)16-31(23)42-29/h2*9-10,13,16-19,38,43-44H,1,11-12,14-15H2,2-8H3,(H,46,47)/t2*38-,41+/m00/s1.